The zero-order chi connectivity index (χ0) is 26.8. The van der Waals surface area contributed by atoms with Crippen LogP contribution in [0.2, 0.25) is 10.0 Å². The van der Waals surface area contributed by atoms with Gasteiger partial charge in [0, 0.05) is 35.3 Å². The molecule has 37 heavy (non-hydrogen) atoms. The molecule has 0 radical (unpaired) electrons. The van der Waals surface area contributed by atoms with E-state index in [1.807, 2.05) is 67.6 Å². The van der Waals surface area contributed by atoms with Gasteiger partial charge in [-0.3, -0.25) is 9.59 Å². The number of nitrogens with one attached hydrogen (secondary N) is 1. The van der Waals surface area contributed by atoms with Crippen LogP contribution in [0.15, 0.2) is 72.8 Å². The second-order valence-corrected chi connectivity index (χ2v) is 11.4. The molecular weight excluding hydrogens is 523 g/mol. The minimum Gasteiger partial charge on any atom is -0.354 e. The predicted octanol–water partition coefficient (Wildman–Crippen LogP) is 6.95. The van der Waals surface area contributed by atoms with Crippen LogP contribution >= 0.6 is 35.0 Å². The Labute approximate surface area is 234 Å². The topological polar surface area (TPSA) is 49.4 Å². The maximum atomic E-state index is 13.7. The molecule has 196 valence electrons. The highest BCUT2D eigenvalue weighted by Crippen LogP contribution is 2.25. The fourth-order valence-corrected chi connectivity index (χ4v) is 5.39. The van der Waals surface area contributed by atoms with Gasteiger partial charge in [0.25, 0.3) is 0 Å². The molecule has 4 nitrogen and oxygen atoms in total. The van der Waals surface area contributed by atoms with Crippen LogP contribution in [-0.4, -0.2) is 35.1 Å². The van der Waals surface area contributed by atoms with Crippen molar-refractivity contribution in [3.8, 4) is 0 Å². The molecule has 0 aliphatic heterocycles. The summed E-state index contributed by atoms with van der Waals surface area (Å²) in [6.45, 7) is 7.06. The van der Waals surface area contributed by atoms with Crippen molar-refractivity contribution in [2.75, 3.05) is 12.3 Å². The molecule has 0 aliphatic rings. The number of amides is 2. The van der Waals surface area contributed by atoms with Crippen LogP contribution in [-0.2, 0) is 28.3 Å². The third kappa shape index (κ3) is 9.10. The summed E-state index contributed by atoms with van der Waals surface area (Å²) >= 11 is 13.8. The van der Waals surface area contributed by atoms with Crippen molar-refractivity contribution in [1.29, 1.82) is 0 Å². The monoisotopic (exact) mass is 556 g/mol. The Morgan fingerprint density at radius 2 is 1.65 bits per heavy atom. The maximum Gasteiger partial charge on any atom is 0.243 e. The third-order valence-electron chi connectivity index (χ3n) is 6.06. The molecule has 1 N–H and O–H groups in total. The number of carbonyl (C=O) groups is 2. The van der Waals surface area contributed by atoms with Gasteiger partial charge in [-0.15, -0.1) is 11.8 Å². The average Bonchev–Trinajstić information content (AvgIpc) is 2.87. The summed E-state index contributed by atoms with van der Waals surface area (Å²) in [7, 11) is 0. The van der Waals surface area contributed by atoms with Crippen LogP contribution in [0.4, 0.5) is 0 Å². The van der Waals surface area contributed by atoms with Crippen molar-refractivity contribution in [2.45, 2.75) is 45.5 Å². The summed E-state index contributed by atoms with van der Waals surface area (Å²) < 4.78 is 0. The Morgan fingerprint density at radius 3 is 2.32 bits per heavy atom. The van der Waals surface area contributed by atoms with E-state index in [9.17, 15) is 9.59 Å². The normalized spacial score (nSPS) is 11.8. The van der Waals surface area contributed by atoms with Crippen LogP contribution in [0.5, 0.6) is 0 Å². The van der Waals surface area contributed by atoms with Crippen LogP contribution < -0.4 is 5.32 Å². The van der Waals surface area contributed by atoms with Gasteiger partial charge in [-0.05, 0) is 47.2 Å². The first kappa shape index (κ1) is 29.1. The van der Waals surface area contributed by atoms with E-state index in [4.69, 9.17) is 23.2 Å². The number of halogens is 2. The summed E-state index contributed by atoms with van der Waals surface area (Å²) in [6.07, 6.45) is 0.441. The number of benzene rings is 3. The van der Waals surface area contributed by atoms with E-state index in [2.05, 4.69) is 19.2 Å². The molecule has 7 heteroatoms. The molecule has 0 saturated carbocycles. The lowest BCUT2D eigenvalue weighted by atomic mass is 10.0. The number of aryl methyl sites for hydroxylation is 1. The summed E-state index contributed by atoms with van der Waals surface area (Å²) in [6, 6.07) is 22.6. The number of hydrogen-bond acceptors (Lipinski definition) is 3. The summed E-state index contributed by atoms with van der Waals surface area (Å²) in [5.41, 5.74) is 4.04. The number of rotatable bonds is 12. The van der Waals surface area contributed by atoms with E-state index in [0.717, 1.165) is 22.3 Å². The van der Waals surface area contributed by atoms with Gasteiger partial charge >= 0.3 is 0 Å². The van der Waals surface area contributed by atoms with Gasteiger partial charge in [-0.2, -0.15) is 0 Å². The van der Waals surface area contributed by atoms with Crippen LogP contribution in [0, 0.1) is 12.8 Å². The van der Waals surface area contributed by atoms with Crippen molar-refractivity contribution < 1.29 is 9.59 Å². The highest BCUT2D eigenvalue weighted by molar-refractivity contribution is 7.99. The number of nitrogens with zero attached hydrogens (tertiary/aromatic N) is 1. The smallest absolute Gasteiger partial charge is 0.243 e. The first-order valence-electron chi connectivity index (χ1n) is 12.4. The second-order valence-electron chi connectivity index (χ2n) is 9.52. The first-order valence-corrected chi connectivity index (χ1v) is 14.3. The molecule has 0 aliphatic carbocycles. The molecule has 3 rings (SSSR count). The lowest BCUT2D eigenvalue weighted by Crippen LogP contribution is -2.51. The predicted molar refractivity (Wildman–Crippen MR) is 156 cm³/mol. The van der Waals surface area contributed by atoms with E-state index in [-0.39, 0.29) is 17.6 Å². The molecule has 1 atom stereocenters. The van der Waals surface area contributed by atoms with E-state index < -0.39 is 6.04 Å². The Morgan fingerprint density at radius 1 is 0.946 bits per heavy atom. The molecule has 0 saturated heterocycles. The standard InChI is InChI=1S/C30H34Cl2N2O2S/c1-21(2)17-33-30(36)28(15-23-10-5-4-6-11-23)34(18-24-12-8-7-9-22(24)3)29(35)20-37-19-25-13-14-26(31)16-27(25)32/h4-14,16,21,28H,15,17-20H2,1-3H3,(H,33,36)/t28-/m0/s1. The van der Waals surface area contributed by atoms with E-state index in [1.165, 1.54) is 11.8 Å². The molecule has 0 heterocycles. The fourth-order valence-electron chi connectivity index (χ4n) is 3.92. The Hall–Kier alpha value is -2.47. The summed E-state index contributed by atoms with van der Waals surface area (Å²) in [5, 5.41) is 4.23. The van der Waals surface area contributed by atoms with Crippen molar-refractivity contribution >= 4 is 46.8 Å². The molecule has 0 aromatic heterocycles. The van der Waals surface area contributed by atoms with Gasteiger partial charge in [0.2, 0.25) is 11.8 Å². The van der Waals surface area contributed by atoms with Gasteiger partial charge in [-0.25, -0.2) is 0 Å². The van der Waals surface area contributed by atoms with Crippen molar-refractivity contribution in [3.05, 3.63) is 105 Å². The quantitative estimate of drug-likeness (QED) is 0.262. The van der Waals surface area contributed by atoms with E-state index in [0.29, 0.717) is 41.2 Å². The van der Waals surface area contributed by atoms with E-state index in [1.54, 1.807) is 17.0 Å². The fraction of sp³-hybridized carbons (Fsp3) is 0.333. The molecule has 0 spiro atoms. The Balaban J connectivity index is 1.86. The number of carbonyl (C=O) groups excluding carboxylic acids is 2. The van der Waals surface area contributed by atoms with Crippen LogP contribution in [0.3, 0.4) is 0 Å². The van der Waals surface area contributed by atoms with Crippen LogP contribution in [0.25, 0.3) is 0 Å². The third-order valence-corrected chi connectivity index (χ3v) is 7.61. The average molecular weight is 558 g/mol. The zero-order valence-corrected chi connectivity index (χ0v) is 23.9. The minimum atomic E-state index is -0.632. The van der Waals surface area contributed by atoms with Crippen LogP contribution in [0.1, 0.15) is 36.1 Å². The molecule has 0 bridgehead atoms. The summed E-state index contributed by atoms with van der Waals surface area (Å²) in [5.74, 6) is 0.891. The molecule has 3 aromatic rings. The van der Waals surface area contributed by atoms with Gasteiger partial charge in [0.1, 0.15) is 6.04 Å². The maximum absolute atomic E-state index is 13.7. The van der Waals surface area contributed by atoms with Gasteiger partial charge in [0.05, 0.1) is 5.75 Å². The molecule has 0 unspecified atom stereocenters. The first-order chi connectivity index (χ1) is 17.7. The Kier molecular flexibility index (Phi) is 11.4. The Bertz CT molecular complexity index is 1190. The molecular formula is C30H34Cl2N2O2S. The van der Waals surface area contributed by atoms with Gasteiger partial charge < -0.3 is 10.2 Å². The van der Waals surface area contributed by atoms with Crippen molar-refractivity contribution in [1.82, 2.24) is 10.2 Å². The molecule has 3 aromatic carbocycles. The zero-order valence-electron chi connectivity index (χ0n) is 21.5. The number of thioether (sulfide) groups is 1. The highest BCUT2D eigenvalue weighted by Gasteiger charge is 2.30. The SMILES string of the molecule is Cc1ccccc1CN(C(=O)CSCc1ccc(Cl)cc1Cl)[C@@H](Cc1ccccc1)C(=O)NCC(C)C. The molecule has 2 amide bonds. The molecule has 0 fully saturated rings. The highest BCUT2D eigenvalue weighted by atomic mass is 35.5. The number of hydrogen-bond donors (Lipinski definition) is 1. The lowest BCUT2D eigenvalue weighted by molar-refractivity contribution is -0.139. The lowest BCUT2D eigenvalue weighted by Gasteiger charge is -2.32. The van der Waals surface area contributed by atoms with Crippen molar-refractivity contribution in [2.24, 2.45) is 5.92 Å². The second kappa shape index (κ2) is 14.5. The summed E-state index contributed by atoms with van der Waals surface area (Å²) in [4.78, 5) is 29.0. The largest absolute Gasteiger partial charge is 0.354 e. The van der Waals surface area contributed by atoms with E-state index >= 15 is 0 Å². The van der Waals surface area contributed by atoms with Gasteiger partial charge in [-0.1, -0.05) is 97.7 Å². The van der Waals surface area contributed by atoms with Gasteiger partial charge in [0.15, 0.2) is 0 Å². The van der Waals surface area contributed by atoms with Crippen molar-refractivity contribution in [3.63, 3.8) is 0 Å². The minimum absolute atomic E-state index is 0.0843.